The zero-order valence-electron chi connectivity index (χ0n) is 12.9. The van der Waals surface area contributed by atoms with Crippen LogP contribution in [-0.4, -0.2) is 42.4 Å². The molecule has 2 bridgehead atoms. The molecule has 2 heterocycles. The van der Waals surface area contributed by atoms with E-state index in [1.54, 1.807) is 4.31 Å². The number of hydrogen-bond acceptors (Lipinski definition) is 3. The van der Waals surface area contributed by atoms with Gasteiger partial charge in [-0.2, -0.15) is 17.4 Å². The van der Waals surface area contributed by atoms with Gasteiger partial charge in [0, 0.05) is 25.0 Å². The summed E-state index contributed by atoms with van der Waals surface area (Å²) in [5.41, 5.74) is 0.997. The van der Waals surface area contributed by atoms with E-state index in [4.69, 9.17) is 5.11 Å². The van der Waals surface area contributed by atoms with Gasteiger partial charge in [0.25, 0.3) is 10.2 Å². The summed E-state index contributed by atoms with van der Waals surface area (Å²) in [6, 6.07) is 9.27. The highest BCUT2D eigenvalue weighted by Crippen LogP contribution is 2.41. The van der Waals surface area contributed by atoms with Crippen molar-refractivity contribution in [3.8, 4) is 0 Å². The second kappa shape index (κ2) is 6.59. The molecule has 1 atom stereocenters. The minimum atomic E-state index is -3.54. The molecular weight excluding hydrogens is 316 g/mol. The monoisotopic (exact) mass is 338 g/mol. The van der Waals surface area contributed by atoms with Gasteiger partial charge < -0.3 is 5.11 Å². The van der Waals surface area contributed by atoms with Crippen molar-refractivity contribution in [1.82, 2.24) is 9.03 Å². The first-order chi connectivity index (χ1) is 10.9. The third-order valence-electron chi connectivity index (χ3n) is 4.71. The summed E-state index contributed by atoms with van der Waals surface area (Å²) >= 11 is 0. The van der Waals surface area contributed by atoms with Gasteiger partial charge >= 0.3 is 5.97 Å². The van der Waals surface area contributed by atoms with E-state index in [0.717, 1.165) is 18.4 Å². The normalized spacial score (nSPS) is 25.0. The van der Waals surface area contributed by atoms with Gasteiger partial charge in [0.1, 0.15) is 0 Å². The highest BCUT2D eigenvalue weighted by Gasteiger charge is 2.48. The molecule has 23 heavy (non-hydrogen) atoms. The molecular formula is C16H22N2O4S. The van der Waals surface area contributed by atoms with Crippen LogP contribution in [0.4, 0.5) is 0 Å². The molecule has 1 aliphatic carbocycles. The Bertz CT molecular complexity index is 656. The second-order valence-electron chi connectivity index (χ2n) is 6.50. The Kier molecular flexibility index (Phi) is 4.70. The zero-order valence-corrected chi connectivity index (χ0v) is 13.7. The van der Waals surface area contributed by atoms with Crippen LogP contribution in [0.3, 0.4) is 0 Å². The fraction of sp³-hybridized carbons (Fsp3) is 0.562. The lowest BCUT2D eigenvalue weighted by Gasteiger charge is -2.27. The summed E-state index contributed by atoms with van der Waals surface area (Å²) in [6.07, 6.45) is 2.64. The molecule has 126 valence electrons. The van der Waals surface area contributed by atoms with Crippen LogP contribution in [0.1, 0.15) is 31.2 Å². The molecule has 0 radical (unpaired) electrons. The predicted octanol–water partition coefficient (Wildman–Crippen LogP) is 1.39. The van der Waals surface area contributed by atoms with E-state index in [1.807, 2.05) is 30.3 Å². The largest absolute Gasteiger partial charge is 0.481 e. The van der Waals surface area contributed by atoms with Gasteiger partial charge in [0.15, 0.2) is 0 Å². The number of hydrogen-bond donors (Lipinski definition) is 2. The van der Waals surface area contributed by atoms with E-state index < -0.39 is 22.2 Å². The summed E-state index contributed by atoms with van der Waals surface area (Å²) in [4.78, 5) is 10.8. The minimum Gasteiger partial charge on any atom is -0.481 e. The number of nitrogens with one attached hydrogen (secondary N) is 1. The van der Waals surface area contributed by atoms with Crippen LogP contribution >= 0.6 is 0 Å². The van der Waals surface area contributed by atoms with Crippen LogP contribution in [0.15, 0.2) is 30.3 Å². The van der Waals surface area contributed by atoms with Crippen LogP contribution in [0.5, 0.6) is 0 Å². The first-order valence-electron chi connectivity index (χ1n) is 7.99. The van der Waals surface area contributed by atoms with Gasteiger partial charge in [0.2, 0.25) is 0 Å². The lowest BCUT2D eigenvalue weighted by molar-refractivity contribution is -0.137. The first kappa shape index (κ1) is 16.4. The molecule has 3 aliphatic rings. The van der Waals surface area contributed by atoms with Crippen molar-refractivity contribution >= 4 is 16.2 Å². The lowest BCUT2D eigenvalue weighted by atomic mass is 9.87. The smallest absolute Gasteiger partial charge is 0.303 e. The number of rotatable bonds is 8. The fourth-order valence-corrected chi connectivity index (χ4v) is 5.19. The lowest BCUT2D eigenvalue weighted by Crippen LogP contribution is -2.47. The number of carboxylic acid groups (broad SMARTS) is 1. The molecule has 3 fully saturated rings. The van der Waals surface area contributed by atoms with Gasteiger partial charge in [-0.25, -0.2) is 0 Å². The third kappa shape index (κ3) is 3.91. The molecule has 4 rings (SSSR count). The number of nitrogens with zero attached hydrogens (tertiary/aromatic N) is 1. The highest BCUT2D eigenvalue weighted by atomic mass is 32.2. The number of carbonyl (C=O) groups is 1. The molecule has 1 saturated carbocycles. The fourth-order valence-electron chi connectivity index (χ4n) is 3.46. The van der Waals surface area contributed by atoms with Crippen LogP contribution in [-0.2, 0) is 21.4 Å². The molecule has 1 aromatic rings. The Morgan fingerprint density at radius 2 is 2.00 bits per heavy atom. The molecule has 0 amide bonds. The Labute approximate surface area is 136 Å². The topological polar surface area (TPSA) is 86.7 Å². The Morgan fingerprint density at radius 1 is 1.30 bits per heavy atom. The maximum atomic E-state index is 12.6. The maximum Gasteiger partial charge on any atom is 0.303 e. The number of aliphatic carboxylic acids is 1. The van der Waals surface area contributed by atoms with Crippen LogP contribution in [0.2, 0.25) is 0 Å². The number of fused-ring (bicyclic) bond motifs is 1. The maximum absolute atomic E-state index is 12.6. The summed E-state index contributed by atoms with van der Waals surface area (Å²) in [5, 5.41) is 8.90. The van der Waals surface area contributed by atoms with E-state index in [9.17, 15) is 13.2 Å². The van der Waals surface area contributed by atoms with Crippen molar-refractivity contribution in [1.29, 1.82) is 0 Å². The Hall–Kier alpha value is -1.44. The average molecular weight is 338 g/mol. The number of carboxylic acids is 1. The summed E-state index contributed by atoms with van der Waals surface area (Å²) in [6.45, 7) is 0.594. The quantitative estimate of drug-likeness (QED) is 0.750. The van der Waals surface area contributed by atoms with Crippen molar-refractivity contribution in [2.24, 2.45) is 5.92 Å². The molecule has 1 unspecified atom stereocenters. The van der Waals surface area contributed by atoms with Gasteiger partial charge in [0.05, 0.1) is 0 Å². The summed E-state index contributed by atoms with van der Waals surface area (Å²) in [5.74, 6) is -0.408. The first-order valence-corrected chi connectivity index (χ1v) is 9.43. The molecule has 7 heteroatoms. The molecule has 0 spiro atoms. The van der Waals surface area contributed by atoms with Crippen LogP contribution in [0.25, 0.3) is 0 Å². The number of benzene rings is 1. The van der Waals surface area contributed by atoms with Crippen LogP contribution < -0.4 is 4.72 Å². The Morgan fingerprint density at radius 3 is 2.57 bits per heavy atom. The Balaban J connectivity index is 1.68. The van der Waals surface area contributed by atoms with Crippen molar-refractivity contribution in [2.45, 2.75) is 44.2 Å². The van der Waals surface area contributed by atoms with E-state index in [1.165, 1.54) is 0 Å². The van der Waals surface area contributed by atoms with Gasteiger partial charge in [-0.3, -0.25) is 4.79 Å². The SMILES string of the molecule is O=C(O)CCC(Cc1ccccc1)NS(=O)(=O)N1CC2CC1C2. The molecule has 6 nitrogen and oxygen atoms in total. The van der Waals surface area contributed by atoms with E-state index >= 15 is 0 Å². The summed E-state index contributed by atoms with van der Waals surface area (Å²) in [7, 11) is -3.54. The highest BCUT2D eigenvalue weighted by molar-refractivity contribution is 7.87. The average Bonchev–Trinajstić information content (AvgIpc) is 3.06. The molecule has 2 saturated heterocycles. The molecule has 2 N–H and O–H groups in total. The minimum absolute atomic E-state index is 0.0495. The predicted molar refractivity (Wildman–Crippen MR) is 86.1 cm³/mol. The van der Waals surface area contributed by atoms with Gasteiger partial charge in [-0.15, -0.1) is 0 Å². The van der Waals surface area contributed by atoms with Gasteiger partial charge in [-0.1, -0.05) is 30.3 Å². The second-order valence-corrected chi connectivity index (χ2v) is 8.16. The zero-order chi connectivity index (χ0) is 16.4. The standard InChI is InChI=1S/C16H22N2O4S/c19-16(20)7-6-14(8-12-4-2-1-3-5-12)17-23(21,22)18-11-13-9-15(18)10-13/h1-5,13-15,17H,6-11H2,(H,19,20). The van der Waals surface area contributed by atoms with Crippen molar-refractivity contribution < 1.29 is 18.3 Å². The van der Waals surface area contributed by atoms with E-state index in [-0.39, 0.29) is 18.9 Å². The molecule has 2 aliphatic heterocycles. The van der Waals surface area contributed by atoms with Crippen LogP contribution in [0, 0.1) is 5.92 Å². The van der Waals surface area contributed by atoms with Crippen molar-refractivity contribution in [2.75, 3.05) is 6.54 Å². The molecule has 0 aromatic heterocycles. The van der Waals surface area contributed by atoms with E-state index in [2.05, 4.69) is 4.72 Å². The van der Waals surface area contributed by atoms with Crippen molar-refractivity contribution in [3.05, 3.63) is 35.9 Å². The van der Waals surface area contributed by atoms with Crippen molar-refractivity contribution in [3.63, 3.8) is 0 Å². The van der Waals surface area contributed by atoms with E-state index in [0.29, 0.717) is 18.9 Å². The molecule has 1 aromatic carbocycles. The third-order valence-corrected chi connectivity index (χ3v) is 6.41. The summed E-state index contributed by atoms with van der Waals surface area (Å²) < 4.78 is 29.4. The van der Waals surface area contributed by atoms with Gasteiger partial charge in [-0.05, 0) is 37.2 Å².